The van der Waals surface area contributed by atoms with Crippen molar-refractivity contribution in [3.63, 3.8) is 0 Å². The summed E-state index contributed by atoms with van der Waals surface area (Å²) in [4.78, 5) is 24.7. The number of aliphatic carboxylic acids is 1. The molecule has 0 saturated carbocycles. The van der Waals surface area contributed by atoms with Crippen LogP contribution in [0, 0.1) is 0 Å². The first-order valence-electron chi connectivity index (χ1n) is 5.57. The number of hydrogen-bond acceptors (Lipinski definition) is 3. The maximum Gasteiger partial charge on any atom is 0.323 e. The third-order valence-electron chi connectivity index (χ3n) is 2.32. The van der Waals surface area contributed by atoms with Crippen molar-refractivity contribution in [2.75, 3.05) is 13.1 Å². The molecule has 104 valence electrons. The Morgan fingerprint density at radius 1 is 1.63 bits per heavy atom. The van der Waals surface area contributed by atoms with Crippen LogP contribution in [0.2, 0.25) is 4.34 Å². The number of carbonyl (C=O) groups excluding carboxylic acids is 1. The molecule has 1 atom stereocenters. The van der Waals surface area contributed by atoms with E-state index >= 15 is 0 Å². The van der Waals surface area contributed by atoms with Gasteiger partial charge in [-0.15, -0.1) is 17.9 Å². The van der Waals surface area contributed by atoms with Gasteiger partial charge in [0.05, 0.1) is 10.4 Å². The van der Waals surface area contributed by atoms with Gasteiger partial charge in [-0.05, 0) is 19.1 Å². The van der Waals surface area contributed by atoms with Gasteiger partial charge in [0.15, 0.2) is 0 Å². The second-order valence-electron chi connectivity index (χ2n) is 3.88. The molecule has 0 spiro atoms. The van der Waals surface area contributed by atoms with Crippen LogP contribution in [0.5, 0.6) is 0 Å². The van der Waals surface area contributed by atoms with Crippen molar-refractivity contribution in [3.05, 3.63) is 34.0 Å². The highest BCUT2D eigenvalue weighted by atomic mass is 35.5. The number of carboxylic acids is 1. The molecule has 1 rings (SSSR count). The van der Waals surface area contributed by atoms with Gasteiger partial charge in [-0.2, -0.15) is 0 Å². The minimum atomic E-state index is -1.07. The lowest BCUT2D eigenvalue weighted by atomic mass is 10.3. The smallest absolute Gasteiger partial charge is 0.323 e. The number of urea groups is 1. The molecule has 1 aromatic heterocycles. The number of halogens is 1. The van der Waals surface area contributed by atoms with Crippen molar-refractivity contribution < 1.29 is 14.7 Å². The zero-order valence-corrected chi connectivity index (χ0v) is 12.0. The van der Waals surface area contributed by atoms with Crippen molar-refractivity contribution in [1.29, 1.82) is 0 Å². The highest BCUT2D eigenvalue weighted by molar-refractivity contribution is 7.16. The second-order valence-corrected chi connectivity index (χ2v) is 5.62. The standard InChI is InChI=1S/C12H15ClN2O3S/c1-3-6-15(7-11(16)17)12(18)14-8(2)9-4-5-10(13)19-9/h3-5,8H,1,6-7H2,2H3,(H,14,18)(H,16,17). The zero-order valence-electron chi connectivity index (χ0n) is 10.4. The number of hydrogen-bond donors (Lipinski definition) is 2. The predicted octanol–water partition coefficient (Wildman–Crippen LogP) is 2.74. The Morgan fingerprint density at radius 2 is 2.32 bits per heavy atom. The third kappa shape index (κ3) is 4.92. The van der Waals surface area contributed by atoms with Gasteiger partial charge < -0.3 is 15.3 Å². The van der Waals surface area contributed by atoms with Crippen molar-refractivity contribution in [1.82, 2.24) is 10.2 Å². The number of rotatable bonds is 6. The summed E-state index contributed by atoms with van der Waals surface area (Å²) in [5, 5.41) is 11.5. The van der Waals surface area contributed by atoms with Crippen LogP contribution in [0.15, 0.2) is 24.8 Å². The normalized spacial score (nSPS) is 11.7. The van der Waals surface area contributed by atoms with Gasteiger partial charge in [0.2, 0.25) is 0 Å². The van der Waals surface area contributed by atoms with E-state index in [-0.39, 0.29) is 19.1 Å². The van der Waals surface area contributed by atoms with Gasteiger partial charge in [0.1, 0.15) is 6.54 Å². The van der Waals surface area contributed by atoms with Crippen LogP contribution in [-0.4, -0.2) is 35.1 Å². The first kappa shape index (κ1) is 15.5. The lowest BCUT2D eigenvalue weighted by Crippen LogP contribution is -2.43. The van der Waals surface area contributed by atoms with Gasteiger partial charge in [-0.25, -0.2) is 4.79 Å². The molecule has 2 N–H and O–H groups in total. The topological polar surface area (TPSA) is 69.6 Å². The van der Waals surface area contributed by atoms with Gasteiger partial charge >= 0.3 is 12.0 Å². The molecule has 1 unspecified atom stereocenters. The summed E-state index contributed by atoms with van der Waals surface area (Å²) in [6, 6.07) is 2.90. The molecule has 0 aliphatic rings. The fourth-order valence-electron chi connectivity index (χ4n) is 1.45. The lowest BCUT2D eigenvalue weighted by Gasteiger charge is -2.22. The fourth-order valence-corrected chi connectivity index (χ4v) is 2.51. The lowest BCUT2D eigenvalue weighted by molar-refractivity contribution is -0.137. The number of carbonyl (C=O) groups is 2. The highest BCUT2D eigenvalue weighted by Gasteiger charge is 2.18. The molecule has 5 nitrogen and oxygen atoms in total. The molecular formula is C12H15ClN2O3S. The summed E-state index contributed by atoms with van der Waals surface area (Å²) in [6.07, 6.45) is 1.48. The number of thiophene rings is 1. The van der Waals surface area contributed by atoms with E-state index in [1.54, 1.807) is 6.07 Å². The summed E-state index contributed by atoms with van der Waals surface area (Å²) >= 11 is 7.20. The molecule has 1 heterocycles. The minimum Gasteiger partial charge on any atom is -0.480 e. The highest BCUT2D eigenvalue weighted by Crippen LogP contribution is 2.26. The van der Waals surface area contributed by atoms with Crippen LogP contribution in [0.25, 0.3) is 0 Å². The van der Waals surface area contributed by atoms with E-state index in [2.05, 4.69) is 11.9 Å². The van der Waals surface area contributed by atoms with Crippen LogP contribution in [0.3, 0.4) is 0 Å². The Labute approximate surface area is 120 Å². The largest absolute Gasteiger partial charge is 0.480 e. The Kier molecular flexibility index (Phi) is 5.85. The van der Waals surface area contributed by atoms with E-state index in [0.717, 1.165) is 4.88 Å². The zero-order chi connectivity index (χ0) is 14.4. The molecular weight excluding hydrogens is 288 g/mol. The predicted molar refractivity (Wildman–Crippen MR) is 75.7 cm³/mol. The van der Waals surface area contributed by atoms with E-state index in [1.165, 1.54) is 22.3 Å². The summed E-state index contributed by atoms with van der Waals surface area (Å²) in [5.74, 6) is -1.07. The van der Waals surface area contributed by atoms with E-state index in [4.69, 9.17) is 16.7 Å². The molecule has 0 fully saturated rings. The van der Waals surface area contributed by atoms with Gasteiger partial charge in [0.25, 0.3) is 0 Å². The monoisotopic (exact) mass is 302 g/mol. The van der Waals surface area contributed by atoms with E-state index < -0.39 is 12.0 Å². The molecule has 0 saturated heterocycles. The first-order chi connectivity index (χ1) is 8.93. The Balaban J connectivity index is 2.65. The molecule has 7 heteroatoms. The second kappa shape index (κ2) is 7.16. The fraction of sp³-hybridized carbons (Fsp3) is 0.333. The van der Waals surface area contributed by atoms with Crippen molar-refractivity contribution in [3.8, 4) is 0 Å². The molecule has 0 radical (unpaired) electrons. The van der Waals surface area contributed by atoms with Crippen molar-refractivity contribution in [2.45, 2.75) is 13.0 Å². The number of carboxylic acid groups (broad SMARTS) is 1. The maximum absolute atomic E-state index is 11.9. The summed E-state index contributed by atoms with van der Waals surface area (Å²) < 4.78 is 0.643. The SMILES string of the molecule is C=CCN(CC(=O)O)C(=O)NC(C)c1ccc(Cl)s1. The Bertz CT molecular complexity index is 475. The Hall–Kier alpha value is -1.53. The third-order valence-corrected chi connectivity index (χ3v) is 3.74. The van der Waals surface area contributed by atoms with E-state index in [0.29, 0.717) is 4.34 Å². The van der Waals surface area contributed by atoms with Crippen molar-refractivity contribution >= 4 is 34.9 Å². The average molecular weight is 303 g/mol. The van der Waals surface area contributed by atoms with Crippen LogP contribution >= 0.6 is 22.9 Å². The molecule has 1 aromatic rings. The number of nitrogens with zero attached hydrogens (tertiary/aromatic N) is 1. The number of nitrogens with one attached hydrogen (secondary N) is 1. The maximum atomic E-state index is 11.9. The summed E-state index contributed by atoms with van der Waals surface area (Å²) in [7, 11) is 0. The molecule has 0 aliphatic heterocycles. The number of amides is 2. The summed E-state index contributed by atoms with van der Waals surface area (Å²) in [5.41, 5.74) is 0. The van der Waals surface area contributed by atoms with Gasteiger partial charge in [-0.1, -0.05) is 17.7 Å². The molecule has 0 aromatic carbocycles. The van der Waals surface area contributed by atoms with Crippen LogP contribution < -0.4 is 5.32 Å². The van der Waals surface area contributed by atoms with Gasteiger partial charge in [-0.3, -0.25) is 4.79 Å². The van der Waals surface area contributed by atoms with E-state index in [9.17, 15) is 9.59 Å². The first-order valence-corrected chi connectivity index (χ1v) is 6.77. The molecule has 19 heavy (non-hydrogen) atoms. The molecule has 0 aliphatic carbocycles. The molecule has 0 bridgehead atoms. The van der Waals surface area contributed by atoms with Crippen LogP contribution in [0.1, 0.15) is 17.8 Å². The summed E-state index contributed by atoms with van der Waals surface area (Å²) in [6.45, 7) is 5.12. The molecule has 2 amide bonds. The Morgan fingerprint density at radius 3 is 2.79 bits per heavy atom. The van der Waals surface area contributed by atoms with Crippen molar-refractivity contribution in [2.24, 2.45) is 0 Å². The minimum absolute atomic E-state index is 0.177. The quantitative estimate of drug-likeness (QED) is 0.794. The van der Waals surface area contributed by atoms with Gasteiger partial charge in [0, 0.05) is 11.4 Å². The van der Waals surface area contributed by atoms with Crippen LogP contribution in [-0.2, 0) is 4.79 Å². The average Bonchev–Trinajstić information content (AvgIpc) is 2.74. The van der Waals surface area contributed by atoms with E-state index in [1.807, 2.05) is 13.0 Å². The van der Waals surface area contributed by atoms with Crippen LogP contribution in [0.4, 0.5) is 4.79 Å².